The molecular formula is C24H18N4O4S. The summed E-state index contributed by atoms with van der Waals surface area (Å²) in [6.07, 6.45) is 1.55. The Labute approximate surface area is 192 Å². The summed E-state index contributed by atoms with van der Waals surface area (Å²) in [5, 5.41) is 8.92. The molecule has 3 amide bonds. The van der Waals surface area contributed by atoms with Crippen molar-refractivity contribution in [1.82, 2.24) is 10.3 Å². The lowest BCUT2D eigenvalue weighted by Gasteiger charge is -2.08. The van der Waals surface area contributed by atoms with E-state index < -0.39 is 0 Å². The van der Waals surface area contributed by atoms with E-state index in [1.165, 1.54) is 11.3 Å². The third-order valence-corrected chi connectivity index (χ3v) is 5.79. The first-order chi connectivity index (χ1) is 16.1. The number of amides is 3. The Bertz CT molecular complexity index is 1370. The van der Waals surface area contributed by atoms with Crippen molar-refractivity contribution >= 4 is 44.9 Å². The first-order valence-corrected chi connectivity index (χ1v) is 10.9. The second-order valence-electron chi connectivity index (χ2n) is 7.07. The van der Waals surface area contributed by atoms with Gasteiger partial charge in [0.1, 0.15) is 5.76 Å². The fourth-order valence-electron chi connectivity index (χ4n) is 3.14. The summed E-state index contributed by atoms with van der Waals surface area (Å²) in [7, 11) is 0. The zero-order chi connectivity index (χ0) is 22.6. The molecule has 0 aliphatic rings. The highest BCUT2D eigenvalue weighted by Crippen LogP contribution is 2.31. The third-order valence-electron chi connectivity index (χ3n) is 4.74. The average molecular weight is 458 g/mol. The zero-order valence-corrected chi connectivity index (χ0v) is 18.0. The number of urea groups is 1. The molecule has 0 unspecified atom stereocenters. The van der Waals surface area contributed by atoms with Crippen molar-refractivity contribution in [2.45, 2.75) is 6.54 Å². The van der Waals surface area contributed by atoms with Gasteiger partial charge in [0.2, 0.25) is 0 Å². The smallest absolute Gasteiger partial charge is 0.319 e. The number of hydrogen-bond donors (Lipinski definition) is 3. The van der Waals surface area contributed by atoms with E-state index in [0.717, 1.165) is 15.2 Å². The van der Waals surface area contributed by atoms with Gasteiger partial charge in [0, 0.05) is 11.4 Å². The summed E-state index contributed by atoms with van der Waals surface area (Å²) >= 11 is 1.51. The maximum absolute atomic E-state index is 12.6. The van der Waals surface area contributed by atoms with Crippen LogP contribution < -0.4 is 16.0 Å². The van der Waals surface area contributed by atoms with Gasteiger partial charge in [-0.05, 0) is 60.7 Å². The van der Waals surface area contributed by atoms with Crippen molar-refractivity contribution in [2.24, 2.45) is 0 Å². The standard InChI is InChI=1S/C24H18N4O4S/c29-22(19-11-12-20(32-19)23-28-18-5-1-2-6-21(18)33-23)26-15-7-9-16(10-8-15)27-24(30)25-14-17-4-3-13-31-17/h1-13H,14H2,(H,26,29)(H2,25,27,30). The van der Waals surface area contributed by atoms with Gasteiger partial charge in [0.05, 0.1) is 23.0 Å². The minimum absolute atomic E-state index is 0.184. The molecule has 0 saturated heterocycles. The number of benzene rings is 2. The van der Waals surface area contributed by atoms with Gasteiger partial charge in [-0.1, -0.05) is 12.1 Å². The number of nitrogens with zero attached hydrogens (tertiary/aromatic N) is 1. The summed E-state index contributed by atoms with van der Waals surface area (Å²) in [6, 6.07) is 21.1. The number of thiazole rings is 1. The topological polar surface area (TPSA) is 109 Å². The Morgan fingerprint density at radius 2 is 1.67 bits per heavy atom. The number of furan rings is 2. The minimum Gasteiger partial charge on any atom is -0.467 e. The van der Waals surface area contributed by atoms with Crippen molar-refractivity contribution in [3.8, 4) is 10.8 Å². The highest BCUT2D eigenvalue weighted by Gasteiger charge is 2.15. The molecule has 0 radical (unpaired) electrons. The zero-order valence-electron chi connectivity index (χ0n) is 17.2. The van der Waals surface area contributed by atoms with Crippen LogP contribution in [0.4, 0.5) is 16.2 Å². The summed E-state index contributed by atoms with van der Waals surface area (Å²) in [5.41, 5.74) is 2.05. The number of aromatic nitrogens is 1. The second-order valence-corrected chi connectivity index (χ2v) is 8.10. The monoisotopic (exact) mass is 458 g/mol. The quantitative estimate of drug-likeness (QED) is 0.301. The van der Waals surface area contributed by atoms with Crippen LogP contribution in [0.3, 0.4) is 0 Å². The molecular weight excluding hydrogens is 440 g/mol. The number of para-hydroxylation sites is 1. The van der Waals surface area contributed by atoms with Crippen molar-refractivity contribution in [3.05, 3.63) is 90.6 Å². The lowest BCUT2D eigenvalue weighted by molar-refractivity contribution is 0.0997. The summed E-state index contributed by atoms with van der Waals surface area (Å²) in [5.74, 6) is 1.01. The molecule has 0 saturated carbocycles. The summed E-state index contributed by atoms with van der Waals surface area (Å²) in [4.78, 5) is 29.1. The highest BCUT2D eigenvalue weighted by molar-refractivity contribution is 7.21. The van der Waals surface area contributed by atoms with Gasteiger partial charge in [0.15, 0.2) is 16.5 Å². The number of rotatable bonds is 6. The number of carbonyl (C=O) groups is 2. The van der Waals surface area contributed by atoms with Gasteiger partial charge in [0.25, 0.3) is 5.91 Å². The van der Waals surface area contributed by atoms with Gasteiger partial charge in [-0.3, -0.25) is 4.79 Å². The summed E-state index contributed by atoms with van der Waals surface area (Å²) in [6.45, 7) is 0.287. The number of hydrogen-bond acceptors (Lipinski definition) is 6. The minimum atomic E-state index is -0.376. The van der Waals surface area contributed by atoms with Crippen LogP contribution in [0, 0.1) is 0 Å². The molecule has 0 bridgehead atoms. The van der Waals surface area contributed by atoms with Crippen LogP contribution in [-0.2, 0) is 6.54 Å². The maximum Gasteiger partial charge on any atom is 0.319 e. The van der Waals surface area contributed by atoms with E-state index in [1.54, 1.807) is 54.8 Å². The van der Waals surface area contributed by atoms with E-state index in [9.17, 15) is 9.59 Å². The molecule has 0 atom stereocenters. The van der Waals surface area contributed by atoms with Crippen LogP contribution in [0.15, 0.2) is 87.9 Å². The molecule has 164 valence electrons. The van der Waals surface area contributed by atoms with Gasteiger partial charge in [-0.15, -0.1) is 11.3 Å². The highest BCUT2D eigenvalue weighted by atomic mass is 32.1. The number of fused-ring (bicyclic) bond motifs is 1. The molecule has 3 aromatic heterocycles. The van der Waals surface area contributed by atoms with E-state index in [1.807, 2.05) is 24.3 Å². The normalized spacial score (nSPS) is 10.8. The molecule has 2 aromatic carbocycles. The van der Waals surface area contributed by atoms with Gasteiger partial charge >= 0.3 is 6.03 Å². The fraction of sp³-hybridized carbons (Fsp3) is 0.0417. The summed E-state index contributed by atoms with van der Waals surface area (Å²) < 4.78 is 12.0. The van der Waals surface area contributed by atoms with E-state index in [-0.39, 0.29) is 24.2 Å². The molecule has 3 heterocycles. The number of nitrogens with one attached hydrogen (secondary N) is 3. The number of anilines is 2. The van der Waals surface area contributed by atoms with Crippen molar-refractivity contribution in [3.63, 3.8) is 0 Å². The SMILES string of the molecule is O=C(NCc1ccco1)Nc1ccc(NC(=O)c2ccc(-c3nc4ccccc4s3)o2)cc1. The Morgan fingerprint density at radius 3 is 2.42 bits per heavy atom. The molecule has 5 aromatic rings. The Hall–Kier alpha value is -4.37. The van der Waals surface area contributed by atoms with E-state index in [4.69, 9.17) is 8.83 Å². The molecule has 8 nitrogen and oxygen atoms in total. The second kappa shape index (κ2) is 9.01. The molecule has 0 aliphatic heterocycles. The van der Waals surface area contributed by atoms with Crippen molar-refractivity contribution < 1.29 is 18.4 Å². The fourth-order valence-corrected chi connectivity index (χ4v) is 4.07. The number of carbonyl (C=O) groups excluding carboxylic acids is 2. The lowest BCUT2D eigenvalue weighted by atomic mass is 10.2. The largest absolute Gasteiger partial charge is 0.467 e. The van der Waals surface area contributed by atoms with Crippen LogP contribution in [0.5, 0.6) is 0 Å². The molecule has 0 fully saturated rings. The molecule has 9 heteroatoms. The molecule has 33 heavy (non-hydrogen) atoms. The predicted molar refractivity (Wildman–Crippen MR) is 126 cm³/mol. The predicted octanol–water partition coefficient (Wildman–Crippen LogP) is 5.72. The molecule has 0 spiro atoms. The Kier molecular flexibility index (Phi) is 5.61. The van der Waals surface area contributed by atoms with Crippen LogP contribution in [0.2, 0.25) is 0 Å². The van der Waals surface area contributed by atoms with Crippen LogP contribution in [0.25, 0.3) is 21.0 Å². The van der Waals surface area contributed by atoms with Crippen LogP contribution in [0.1, 0.15) is 16.3 Å². The van der Waals surface area contributed by atoms with E-state index >= 15 is 0 Å². The average Bonchev–Trinajstić information content (AvgIpc) is 3.59. The molecule has 5 rings (SSSR count). The van der Waals surface area contributed by atoms with Gasteiger partial charge < -0.3 is 24.8 Å². The third kappa shape index (κ3) is 4.78. The Balaban J connectivity index is 1.18. The van der Waals surface area contributed by atoms with E-state index in [0.29, 0.717) is 22.9 Å². The first-order valence-electron chi connectivity index (χ1n) is 10.1. The molecule has 3 N–H and O–H groups in total. The molecule has 0 aliphatic carbocycles. The van der Waals surface area contributed by atoms with Gasteiger partial charge in [-0.25, -0.2) is 9.78 Å². The van der Waals surface area contributed by atoms with Crippen molar-refractivity contribution in [1.29, 1.82) is 0 Å². The Morgan fingerprint density at radius 1 is 0.879 bits per heavy atom. The van der Waals surface area contributed by atoms with Crippen molar-refractivity contribution in [2.75, 3.05) is 10.6 Å². The van der Waals surface area contributed by atoms with Crippen LogP contribution in [-0.4, -0.2) is 16.9 Å². The van der Waals surface area contributed by atoms with Gasteiger partial charge in [-0.2, -0.15) is 0 Å². The maximum atomic E-state index is 12.6. The lowest BCUT2D eigenvalue weighted by Crippen LogP contribution is -2.27. The first kappa shape index (κ1) is 20.5. The van der Waals surface area contributed by atoms with E-state index in [2.05, 4.69) is 20.9 Å². The van der Waals surface area contributed by atoms with Crippen LogP contribution >= 0.6 is 11.3 Å².